The maximum atomic E-state index is 11.6. The molecule has 0 saturated carbocycles. The van der Waals surface area contributed by atoms with E-state index in [0.29, 0.717) is 29.4 Å². The molecule has 2 rings (SSSR count). The molecule has 0 fully saturated rings. The van der Waals surface area contributed by atoms with Crippen LogP contribution >= 0.6 is 11.6 Å². The summed E-state index contributed by atoms with van der Waals surface area (Å²) in [7, 11) is 0. The van der Waals surface area contributed by atoms with Crippen molar-refractivity contribution >= 4 is 17.6 Å². The molecule has 2 aromatic rings. The zero-order chi connectivity index (χ0) is 16.1. The number of phenolic OH excluding ortho intramolecular Hbond substituents is 1. The second kappa shape index (κ2) is 7.18. The summed E-state index contributed by atoms with van der Waals surface area (Å²) in [5.74, 6) is -1.19. The van der Waals surface area contributed by atoms with Crippen molar-refractivity contribution in [2.75, 3.05) is 6.61 Å². The number of hydrogen-bond acceptors (Lipinski definition) is 3. The van der Waals surface area contributed by atoms with E-state index >= 15 is 0 Å². The molecule has 2 aromatic carbocycles. The van der Waals surface area contributed by atoms with Crippen LogP contribution in [0.2, 0.25) is 5.02 Å². The van der Waals surface area contributed by atoms with Crippen LogP contribution in [0.25, 0.3) is 0 Å². The first-order chi connectivity index (χ1) is 10.5. The molecule has 0 aliphatic heterocycles. The van der Waals surface area contributed by atoms with Crippen LogP contribution in [0.3, 0.4) is 0 Å². The average molecular weight is 321 g/mol. The number of phenols is 1. The Kier molecular flexibility index (Phi) is 5.28. The Labute approximate surface area is 133 Å². The van der Waals surface area contributed by atoms with Gasteiger partial charge in [-0.2, -0.15) is 0 Å². The third-order valence-electron chi connectivity index (χ3n) is 3.33. The van der Waals surface area contributed by atoms with E-state index in [4.69, 9.17) is 16.3 Å². The number of ether oxygens (including phenoxy) is 1. The molecule has 0 aromatic heterocycles. The van der Waals surface area contributed by atoms with Gasteiger partial charge in [0.15, 0.2) is 11.5 Å². The summed E-state index contributed by atoms with van der Waals surface area (Å²) in [6, 6.07) is 11.7. The monoisotopic (exact) mass is 320 g/mol. The number of halogens is 1. The molecule has 1 unspecified atom stereocenters. The van der Waals surface area contributed by atoms with E-state index in [9.17, 15) is 15.0 Å². The van der Waals surface area contributed by atoms with Crippen molar-refractivity contribution in [1.82, 2.24) is 0 Å². The van der Waals surface area contributed by atoms with E-state index in [2.05, 4.69) is 0 Å². The maximum Gasteiger partial charge on any atom is 0.311 e. The standard InChI is InChI=1S/C17H17ClO4/c1-2-22-16-10-11(3-8-15(16)19)9-14(17(20)21)12-4-6-13(18)7-5-12/h3-8,10,14,19H,2,9H2,1H3,(H,20,21). The highest BCUT2D eigenvalue weighted by atomic mass is 35.5. The van der Waals surface area contributed by atoms with Gasteiger partial charge in [0.25, 0.3) is 0 Å². The van der Waals surface area contributed by atoms with Gasteiger partial charge in [-0.05, 0) is 48.7 Å². The van der Waals surface area contributed by atoms with E-state index in [1.165, 1.54) is 6.07 Å². The van der Waals surface area contributed by atoms with Crippen molar-refractivity contribution in [2.24, 2.45) is 0 Å². The highest BCUT2D eigenvalue weighted by molar-refractivity contribution is 6.30. The van der Waals surface area contributed by atoms with Gasteiger partial charge < -0.3 is 14.9 Å². The highest BCUT2D eigenvalue weighted by Gasteiger charge is 2.21. The first-order valence-electron chi connectivity index (χ1n) is 6.94. The second-order valence-corrected chi connectivity index (χ2v) is 5.32. The normalized spacial score (nSPS) is 11.9. The van der Waals surface area contributed by atoms with Gasteiger partial charge in [0.05, 0.1) is 12.5 Å². The Morgan fingerprint density at radius 1 is 1.23 bits per heavy atom. The lowest BCUT2D eigenvalue weighted by Gasteiger charge is -2.14. The molecule has 22 heavy (non-hydrogen) atoms. The molecule has 0 saturated heterocycles. The van der Waals surface area contributed by atoms with Crippen molar-refractivity contribution in [2.45, 2.75) is 19.3 Å². The molecule has 0 spiro atoms. The molecular weight excluding hydrogens is 304 g/mol. The minimum Gasteiger partial charge on any atom is -0.504 e. The van der Waals surface area contributed by atoms with E-state index in [0.717, 1.165) is 5.56 Å². The van der Waals surface area contributed by atoms with Crippen LogP contribution in [0.4, 0.5) is 0 Å². The number of carboxylic acids is 1. The van der Waals surface area contributed by atoms with Crippen molar-refractivity contribution < 1.29 is 19.7 Å². The molecule has 0 radical (unpaired) electrons. The number of hydrogen-bond donors (Lipinski definition) is 2. The molecule has 5 heteroatoms. The Balaban J connectivity index is 2.26. The maximum absolute atomic E-state index is 11.6. The molecular formula is C17H17ClO4. The van der Waals surface area contributed by atoms with Gasteiger partial charge in [0, 0.05) is 5.02 Å². The van der Waals surface area contributed by atoms with Crippen LogP contribution in [-0.4, -0.2) is 22.8 Å². The summed E-state index contributed by atoms with van der Waals surface area (Å²) >= 11 is 5.84. The lowest BCUT2D eigenvalue weighted by Crippen LogP contribution is -2.14. The predicted octanol–water partition coefficient (Wildman–Crippen LogP) is 3.86. The average Bonchev–Trinajstić information content (AvgIpc) is 2.49. The summed E-state index contributed by atoms with van der Waals surface area (Å²) in [5, 5.41) is 19.7. The fourth-order valence-electron chi connectivity index (χ4n) is 2.24. The quantitative estimate of drug-likeness (QED) is 0.848. The molecule has 116 valence electrons. The number of aromatic hydroxyl groups is 1. The van der Waals surface area contributed by atoms with Crippen LogP contribution in [0.1, 0.15) is 24.0 Å². The Morgan fingerprint density at radius 3 is 2.50 bits per heavy atom. The molecule has 2 N–H and O–H groups in total. The summed E-state index contributed by atoms with van der Waals surface area (Å²) in [5.41, 5.74) is 1.46. The van der Waals surface area contributed by atoms with Gasteiger partial charge in [-0.3, -0.25) is 4.79 Å². The fourth-order valence-corrected chi connectivity index (χ4v) is 2.36. The lowest BCUT2D eigenvalue weighted by molar-refractivity contribution is -0.138. The Bertz CT molecular complexity index is 652. The van der Waals surface area contributed by atoms with Gasteiger partial charge in [0.1, 0.15) is 0 Å². The zero-order valence-electron chi connectivity index (χ0n) is 12.1. The number of benzene rings is 2. The lowest BCUT2D eigenvalue weighted by atomic mass is 9.92. The van der Waals surface area contributed by atoms with Crippen LogP contribution in [0, 0.1) is 0 Å². The minimum absolute atomic E-state index is 0.0453. The largest absolute Gasteiger partial charge is 0.504 e. The number of rotatable bonds is 6. The van der Waals surface area contributed by atoms with Gasteiger partial charge >= 0.3 is 5.97 Å². The highest BCUT2D eigenvalue weighted by Crippen LogP contribution is 2.30. The molecule has 0 heterocycles. The summed E-state index contributed by atoms with van der Waals surface area (Å²) in [6.45, 7) is 2.25. The van der Waals surface area contributed by atoms with Crippen molar-refractivity contribution in [3.05, 3.63) is 58.6 Å². The molecule has 0 aliphatic rings. The van der Waals surface area contributed by atoms with Crippen molar-refractivity contribution in [3.63, 3.8) is 0 Å². The van der Waals surface area contributed by atoms with Crippen LogP contribution in [0.5, 0.6) is 11.5 Å². The Hall–Kier alpha value is -2.20. The molecule has 0 amide bonds. The number of carboxylic acid groups (broad SMARTS) is 1. The smallest absolute Gasteiger partial charge is 0.311 e. The third-order valence-corrected chi connectivity index (χ3v) is 3.59. The van der Waals surface area contributed by atoms with E-state index < -0.39 is 11.9 Å². The topological polar surface area (TPSA) is 66.8 Å². The summed E-state index contributed by atoms with van der Waals surface area (Å²) in [6.07, 6.45) is 0.303. The fraction of sp³-hybridized carbons (Fsp3) is 0.235. The summed E-state index contributed by atoms with van der Waals surface area (Å²) < 4.78 is 5.33. The van der Waals surface area contributed by atoms with Gasteiger partial charge in [-0.15, -0.1) is 0 Å². The van der Waals surface area contributed by atoms with Crippen molar-refractivity contribution in [1.29, 1.82) is 0 Å². The molecule has 4 nitrogen and oxygen atoms in total. The van der Waals surface area contributed by atoms with E-state index in [1.807, 2.05) is 6.92 Å². The van der Waals surface area contributed by atoms with Crippen LogP contribution < -0.4 is 4.74 Å². The van der Waals surface area contributed by atoms with Gasteiger partial charge in [-0.1, -0.05) is 29.8 Å². The predicted molar refractivity (Wildman–Crippen MR) is 84.8 cm³/mol. The van der Waals surface area contributed by atoms with Gasteiger partial charge in [0.2, 0.25) is 0 Å². The first kappa shape index (κ1) is 16.2. The molecule has 0 aliphatic carbocycles. The van der Waals surface area contributed by atoms with E-state index in [1.54, 1.807) is 36.4 Å². The zero-order valence-corrected chi connectivity index (χ0v) is 12.9. The van der Waals surface area contributed by atoms with Crippen LogP contribution in [-0.2, 0) is 11.2 Å². The first-order valence-corrected chi connectivity index (χ1v) is 7.32. The molecule has 0 bridgehead atoms. The number of carbonyl (C=O) groups is 1. The second-order valence-electron chi connectivity index (χ2n) is 4.88. The van der Waals surface area contributed by atoms with Crippen molar-refractivity contribution in [3.8, 4) is 11.5 Å². The van der Waals surface area contributed by atoms with E-state index in [-0.39, 0.29) is 5.75 Å². The Morgan fingerprint density at radius 2 is 1.91 bits per heavy atom. The SMILES string of the molecule is CCOc1cc(CC(C(=O)O)c2ccc(Cl)cc2)ccc1O. The van der Waals surface area contributed by atoms with Crippen LogP contribution in [0.15, 0.2) is 42.5 Å². The van der Waals surface area contributed by atoms with Gasteiger partial charge in [-0.25, -0.2) is 0 Å². The minimum atomic E-state index is -0.909. The third kappa shape index (κ3) is 3.92. The summed E-state index contributed by atoms with van der Waals surface area (Å²) in [4.78, 5) is 11.6. The number of aliphatic carboxylic acids is 1. The molecule has 1 atom stereocenters.